The van der Waals surface area contributed by atoms with Crippen molar-refractivity contribution in [3.05, 3.63) is 97.6 Å². The van der Waals surface area contributed by atoms with Gasteiger partial charge in [-0.25, -0.2) is 0 Å². The molecule has 3 rings (SSSR count). The Bertz CT molecular complexity index is 684. The number of hydrogen-bond donors (Lipinski definition) is 0. The SMILES string of the molecule is C.C.C=CC.C=CC=C.CC.CC.Cc1c2ccccc2c(C)c2ccccc12. The van der Waals surface area contributed by atoms with Crippen molar-refractivity contribution in [2.45, 2.75) is 63.3 Å². The average Bonchev–Trinajstić information content (AvgIpc) is 2.75. The molecule has 0 heterocycles. The molecule has 0 unspecified atom stereocenters. The van der Waals surface area contributed by atoms with Gasteiger partial charge in [-0.05, 0) is 53.4 Å². The van der Waals surface area contributed by atoms with Gasteiger partial charge in [-0.2, -0.15) is 0 Å². The number of rotatable bonds is 1. The highest BCUT2D eigenvalue weighted by Crippen LogP contribution is 2.31. The summed E-state index contributed by atoms with van der Waals surface area (Å²) in [6, 6.07) is 17.3. The fourth-order valence-electron chi connectivity index (χ4n) is 2.56. The highest BCUT2D eigenvalue weighted by atomic mass is 14.1. The average molecular weight is 395 g/mol. The summed E-state index contributed by atoms with van der Waals surface area (Å²) in [6.07, 6.45) is 5.03. The molecule has 162 valence electrons. The second-order valence-corrected chi connectivity index (χ2v) is 5.22. The molecule has 0 heteroatoms. The van der Waals surface area contributed by atoms with Crippen LogP contribution in [0.15, 0.2) is 86.5 Å². The zero-order valence-electron chi connectivity index (χ0n) is 18.5. The Labute approximate surface area is 182 Å². The first-order valence-corrected chi connectivity index (χ1v) is 9.79. The molecule has 0 radical (unpaired) electrons. The first-order valence-electron chi connectivity index (χ1n) is 9.79. The highest BCUT2D eigenvalue weighted by molar-refractivity contribution is 6.05. The molecular formula is C29H46. The maximum atomic E-state index is 3.36. The van der Waals surface area contributed by atoms with Gasteiger partial charge >= 0.3 is 0 Å². The van der Waals surface area contributed by atoms with E-state index in [1.807, 2.05) is 34.6 Å². The summed E-state index contributed by atoms with van der Waals surface area (Å²) in [5.41, 5.74) is 2.77. The van der Waals surface area contributed by atoms with E-state index in [4.69, 9.17) is 0 Å². The minimum atomic E-state index is 0. The number of aryl methyl sites for hydroxylation is 2. The number of allylic oxidation sites excluding steroid dienone is 3. The summed E-state index contributed by atoms with van der Waals surface area (Å²) in [7, 11) is 0. The van der Waals surface area contributed by atoms with Crippen LogP contribution < -0.4 is 0 Å². The highest BCUT2D eigenvalue weighted by Gasteiger charge is 2.06. The molecule has 0 spiro atoms. The summed E-state index contributed by atoms with van der Waals surface area (Å²) in [5.74, 6) is 0. The third-order valence-electron chi connectivity index (χ3n) is 3.64. The van der Waals surface area contributed by atoms with E-state index in [0.29, 0.717) is 0 Å². The van der Waals surface area contributed by atoms with Crippen LogP contribution in [0.5, 0.6) is 0 Å². The van der Waals surface area contributed by atoms with Crippen molar-refractivity contribution in [3.8, 4) is 0 Å². The van der Waals surface area contributed by atoms with E-state index in [9.17, 15) is 0 Å². The number of benzene rings is 3. The molecule has 0 aliphatic heterocycles. The van der Waals surface area contributed by atoms with Crippen LogP contribution in [0.3, 0.4) is 0 Å². The molecule has 0 amide bonds. The van der Waals surface area contributed by atoms with Crippen molar-refractivity contribution in [1.29, 1.82) is 0 Å². The maximum Gasteiger partial charge on any atom is -0.0146 e. The molecule has 3 aromatic carbocycles. The van der Waals surface area contributed by atoms with Crippen LogP contribution >= 0.6 is 0 Å². The lowest BCUT2D eigenvalue weighted by molar-refractivity contribution is 1.50. The summed E-state index contributed by atoms with van der Waals surface area (Å²) < 4.78 is 0. The Balaban J connectivity index is -0.000000207. The van der Waals surface area contributed by atoms with E-state index in [2.05, 4.69) is 82.1 Å². The second-order valence-electron chi connectivity index (χ2n) is 5.22. The molecular weight excluding hydrogens is 348 g/mol. The Morgan fingerprint density at radius 2 is 0.724 bits per heavy atom. The van der Waals surface area contributed by atoms with Crippen LogP contribution in [0.1, 0.15) is 60.6 Å². The molecule has 0 aliphatic carbocycles. The van der Waals surface area contributed by atoms with Gasteiger partial charge in [-0.1, -0.05) is 122 Å². The minimum absolute atomic E-state index is 0. The molecule has 0 saturated carbocycles. The predicted octanol–water partition coefficient (Wildman–Crippen LogP) is 10.5. The molecule has 0 saturated heterocycles. The third kappa shape index (κ3) is 10.5. The van der Waals surface area contributed by atoms with Crippen LogP contribution in [0.2, 0.25) is 0 Å². The first kappa shape index (κ1) is 33.9. The molecule has 0 N–H and O–H groups in total. The molecule has 0 bridgehead atoms. The van der Waals surface area contributed by atoms with Crippen molar-refractivity contribution < 1.29 is 0 Å². The number of hydrogen-bond acceptors (Lipinski definition) is 0. The summed E-state index contributed by atoms with van der Waals surface area (Å²) in [4.78, 5) is 0. The molecule has 0 nitrogen and oxygen atoms in total. The van der Waals surface area contributed by atoms with Crippen LogP contribution in [-0.4, -0.2) is 0 Å². The monoisotopic (exact) mass is 394 g/mol. The molecule has 0 fully saturated rings. The fraction of sp³-hybridized carbons (Fsp3) is 0.310. The van der Waals surface area contributed by atoms with Crippen LogP contribution in [0, 0.1) is 13.8 Å². The van der Waals surface area contributed by atoms with Crippen molar-refractivity contribution in [2.24, 2.45) is 0 Å². The lowest BCUT2D eigenvalue weighted by atomic mass is 9.93. The Morgan fingerprint density at radius 3 is 0.862 bits per heavy atom. The van der Waals surface area contributed by atoms with Gasteiger partial charge in [0, 0.05) is 0 Å². The van der Waals surface area contributed by atoms with Gasteiger partial charge in [0.15, 0.2) is 0 Å². The molecule has 29 heavy (non-hydrogen) atoms. The standard InChI is InChI=1S/C16H14.C4H6.C3H6.2C2H6.2CH4/c1-11-13-7-3-5-9-15(13)12(2)16-10-6-4-8-14(11)16;1-3-4-2;1-3-2;2*1-2;;/h3-10H,1-2H3;3-4H,1-2H2;3H,1H2,2H3;2*1-2H3;2*1H4. The van der Waals surface area contributed by atoms with Gasteiger partial charge in [0.1, 0.15) is 0 Å². The zero-order valence-corrected chi connectivity index (χ0v) is 18.5. The fourth-order valence-corrected chi connectivity index (χ4v) is 2.56. The summed E-state index contributed by atoms with van der Waals surface area (Å²) in [6.45, 7) is 24.4. The van der Waals surface area contributed by atoms with Crippen molar-refractivity contribution in [2.75, 3.05) is 0 Å². The molecule has 0 aliphatic rings. The van der Waals surface area contributed by atoms with E-state index >= 15 is 0 Å². The number of fused-ring (bicyclic) bond motifs is 2. The molecule has 3 aromatic rings. The largest absolute Gasteiger partial charge is 0.103 e. The van der Waals surface area contributed by atoms with Crippen molar-refractivity contribution in [1.82, 2.24) is 0 Å². The van der Waals surface area contributed by atoms with Gasteiger partial charge in [0.05, 0.1) is 0 Å². The Kier molecular flexibility index (Phi) is 25.4. The van der Waals surface area contributed by atoms with E-state index in [1.165, 1.54) is 32.7 Å². The van der Waals surface area contributed by atoms with E-state index in [-0.39, 0.29) is 14.9 Å². The van der Waals surface area contributed by atoms with Gasteiger partial charge in [-0.15, -0.1) is 6.58 Å². The first-order chi connectivity index (χ1) is 13.1. The van der Waals surface area contributed by atoms with Gasteiger partial charge in [0.25, 0.3) is 0 Å². The molecule has 0 atom stereocenters. The predicted molar refractivity (Wildman–Crippen MR) is 143 cm³/mol. The van der Waals surface area contributed by atoms with Gasteiger partial charge < -0.3 is 0 Å². The molecule has 0 aromatic heterocycles. The maximum absolute atomic E-state index is 3.36. The zero-order chi connectivity index (χ0) is 21.2. The Hall–Kier alpha value is -2.60. The van der Waals surface area contributed by atoms with Crippen LogP contribution in [0.4, 0.5) is 0 Å². The van der Waals surface area contributed by atoms with Gasteiger partial charge in [-0.3, -0.25) is 0 Å². The van der Waals surface area contributed by atoms with Crippen LogP contribution in [-0.2, 0) is 0 Å². The quantitative estimate of drug-likeness (QED) is 0.219. The van der Waals surface area contributed by atoms with Crippen molar-refractivity contribution in [3.63, 3.8) is 0 Å². The van der Waals surface area contributed by atoms with Crippen molar-refractivity contribution >= 4 is 21.5 Å². The normalized spacial score (nSPS) is 7.69. The van der Waals surface area contributed by atoms with Crippen LogP contribution in [0.25, 0.3) is 21.5 Å². The topological polar surface area (TPSA) is 0 Å². The lowest BCUT2D eigenvalue weighted by Crippen LogP contribution is -1.87. The Morgan fingerprint density at radius 1 is 0.552 bits per heavy atom. The van der Waals surface area contributed by atoms with E-state index in [1.54, 1.807) is 18.2 Å². The minimum Gasteiger partial charge on any atom is -0.103 e. The van der Waals surface area contributed by atoms with Gasteiger partial charge in [0.2, 0.25) is 0 Å². The summed E-state index contributed by atoms with van der Waals surface area (Å²) >= 11 is 0. The smallest absolute Gasteiger partial charge is 0.0146 e. The third-order valence-corrected chi connectivity index (χ3v) is 3.64. The van der Waals surface area contributed by atoms with E-state index < -0.39 is 0 Å². The lowest BCUT2D eigenvalue weighted by Gasteiger charge is -2.11. The second kappa shape index (κ2) is 21.7. The summed E-state index contributed by atoms with van der Waals surface area (Å²) in [5, 5.41) is 5.50. The van der Waals surface area contributed by atoms with E-state index in [0.717, 1.165) is 0 Å².